The molecule has 2 rings (SSSR count). The molecule has 1 fully saturated rings. The highest BCUT2D eigenvalue weighted by Crippen LogP contribution is 2.27. The number of nitrogens with two attached hydrogens (primary N) is 1. The van der Waals surface area contributed by atoms with E-state index in [1.54, 1.807) is 0 Å². The zero-order chi connectivity index (χ0) is 12.8. The predicted octanol–water partition coefficient (Wildman–Crippen LogP) is 3.25. The lowest BCUT2D eigenvalue weighted by molar-refractivity contribution is 0.366. The van der Waals surface area contributed by atoms with E-state index in [-0.39, 0.29) is 0 Å². The summed E-state index contributed by atoms with van der Waals surface area (Å²) in [7, 11) is 0. The molecule has 100 valence electrons. The quantitative estimate of drug-likeness (QED) is 0.644. The zero-order valence-corrected chi connectivity index (χ0v) is 12.1. The molecule has 0 bridgehead atoms. The molecule has 1 heterocycles. The number of nitrogens with one attached hydrogen (secondary N) is 1. The minimum Gasteiger partial charge on any atom is -0.271 e. The van der Waals surface area contributed by atoms with E-state index in [4.69, 9.17) is 17.4 Å². The second-order valence-corrected chi connectivity index (χ2v) is 6.65. The van der Waals surface area contributed by atoms with Gasteiger partial charge in [-0.05, 0) is 60.8 Å². The van der Waals surface area contributed by atoms with Crippen LogP contribution in [0.1, 0.15) is 24.8 Å². The van der Waals surface area contributed by atoms with Crippen LogP contribution < -0.4 is 11.3 Å². The van der Waals surface area contributed by atoms with E-state index < -0.39 is 0 Å². The molecule has 2 nitrogen and oxygen atoms in total. The lowest BCUT2D eigenvalue weighted by Crippen LogP contribution is -2.38. The topological polar surface area (TPSA) is 38.0 Å². The Bertz CT molecular complexity index is 367. The van der Waals surface area contributed by atoms with Crippen molar-refractivity contribution in [1.82, 2.24) is 5.43 Å². The number of rotatable bonds is 5. The second-order valence-electron chi connectivity index (χ2n) is 4.99. The van der Waals surface area contributed by atoms with Crippen molar-refractivity contribution in [1.29, 1.82) is 0 Å². The smallest absolute Gasteiger partial charge is 0.0408 e. The number of benzene rings is 1. The van der Waals surface area contributed by atoms with Crippen LogP contribution in [0.5, 0.6) is 0 Å². The molecule has 0 aliphatic carbocycles. The SMILES string of the molecule is NNC(Cc1cccc(Cl)c1)CC1CCSCC1. The maximum Gasteiger partial charge on any atom is 0.0408 e. The van der Waals surface area contributed by atoms with E-state index >= 15 is 0 Å². The van der Waals surface area contributed by atoms with Crippen molar-refractivity contribution < 1.29 is 0 Å². The molecule has 4 heteroatoms. The van der Waals surface area contributed by atoms with Crippen molar-refractivity contribution in [3.05, 3.63) is 34.9 Å². The molecule has 1 aliphatic heterocycles. The second kappa shape index (κ2) is 7.39. The van der Waals surface area contributed by atoms with Gasteiger partial charge in [0.2, 0.25) is 0 Å². The molecule has 0 spiro atoms. The molecule has 1 aromatic carbocycles. The van der Waals surface area contributed by atoms with Crippen LogP contribution in [-0.4, -0.2) is 17.5 Å². The summed E-state index contributed by atoms with van der Waals surface area (Å²) in [5.74, 6) is 9.12. The Balaban J connectivity index is 1.88. The number of hydrogen-bond donors (Lipinski definition) is 2. The summed E-state index contributed by atoms with van der Waals surface area (Å²) < 4.78 is 0. The van der Waals surface area contributed by atoms with Gasteiger partial charge in [0.15, 0.2) is 0 Å². The summed E-state index contributed by atoms with van der Waals surface area (Å²) in [6.07, 6.45) is 4.79. The average molecular weight is 285 g/mol. The van der Waals surface area contributed by atoms with Gasteiger partial charge >= 0.3 is 0 Å². The highest BCUT2D eigenvalue weighted by Gasteiger charge is 2.18. The first kappa shape index (κ1) is 14.2. The van der Waals surface area contributed by atoms with E-state index in [1.165, 1.54) is 36.3 Å². The Morgan fingerprint density at radius 2 is 2.17 bits per heavy atom. The molecule has 1 aliphatic rings. The molecule has 18 heavy (non-hydrogen) atoms. The Labute approximate surface area is 119 Å². The Kier molecular flexibility index (Phi) is 5.83. The molecule has 3 N–H and O–H groups in total. The highest BCUT2D eigenvalue weighted by molar-refractivity contribution is 7.99. The molecule has 1 atom stereocenters. The van der Waals surface area contributed by atoms with Gasteiger partial charge in [-0.25, -0.2) is 0 Å². The van der Waals surface area contributed by atoms with Gasteiger partial charge in [0.25, 0.3) is 0 Å². The lowest BCUT2D eigenvalue weighted by Gasteiger charge is -2.26. The lowest BCUT2D eigenvalue weighted by atomic mass is 9.91. The monoisotopic (exact) mass is 284 g/mol. The Morgan fingerprint density at radius 3 is 2.83 bits per heavy atom. The highest BCUT2D eigenvalue weighted by atomic mass is 35.5. The van der Waals surface area contributed by atoms with Crippen LogP contribution in [0.25, 0.3) is 0 Å². The first-order chi connectivity index (χ1) is 8.78. The van der Waals surface area contributed by atoms with Gasteiger partial charge in [0.1, 0.15) is 0 Å². The molecule has 0 radical (unpaired) electrons. The van der Waals surface area contributed by atoms with Gasteiger partial charge in [0.05, 0.1) is 0 Å². The van der Waals surface area contributed by atoms with Crippen molar-refractivity contribution in [3.63, 3.8) is 0 Å². The maximum atomic E-state index is 6.01. The van der Waals surface area contributed by atoms with Crippen LogP contribution in [0.3, 0.4) is 0 Å². The van der Waals surface area contributed by atoms with Crippen LogP contribution in [0, 0.1) is 5.92 Å². The summed E-state index contributed by atoms with van der Waals surface area (Å²) in [6, 6.07) is 8.42. The molecule has 0 saturated carbocycles. The third-order valence-electron chi connectivity index (χ3n) is 3.57. The molecule has 1 unspecified atom stereocenters. The third kappa shape index (κ3) is 4.47. The van der Waals surface area contributed by atoms with Crippen LogP contribution in [-0.2, 0) is 6.42 Å². The summed E-state index contributed by atoms with van der Waals surface area (Å²) >= 11 is 8.08. The van der Waals surface area contributed by atoms with Crippen molar-refractivity contribution in [2.45, 2.75) is 31.7 Å². The van der Waals surface area contributed by atoms with Crippen molar-refractivity contribution in [2.75, 3.05) is 11.5 Å². The van der Waals surface area contributed by atoms with Crippen LogP contribution >= 0.6 is 23.4 Å². The fraction of sp³-hybridized carbons (Fsp3) is 0.571. The number of hydrogen-bond acceptors (Lipinski definition) is 3. The van der Waals surface area contributed by atoms with Crippen LogP contribution in [0.15, 0.2) is 24.3 Å². The summed E-state index contributed by atoms with van der Waals surface area (Å²) in [6.45, 7) is 0. The van der Waals surface area contributed by atoms with Crippen LogP contribution in [0.4, 0.5) is 0 Å². The van der Waals surface area contributed by atoms with Gasteiger partial charge in [0, 0.05) is 11.1 Å². The van der Waals surface area contributed by atoms with E-state index in [0.717, 1.165) is 17.4 Å². The molecular formula is C14H21ClN2S. The van der Waals surface area contributed by atoms with Crippen molar-refractivity contribution in [2.24, 2.45) is 11.8 Å². The standard InChI is InChI=1S/C14H21ClN2S/c15-13-3-1-2-12(8-13)10-14(17-16)9-11-4-6-18-7-5-11/h1-3,8,11,14,17H,4-7,9-10,16H2. The summed E-state index contributed by atoms with van der Waals surface area (Å²) in [4.78, 5) is 0. The third-order valence-corrected chi connectivity index (χ3v) is 4.85. The maximum absolute atomic E-state index is 6.01. The first-order valence-electron chi connectivity index (χ1n) is 6.56. The van der Waals surface area contributed by atoms with E-state index in [0.29, 0.717) is 6.04 Å². The molecule has 0 amide bonds. The normalized spacial score (nSPS) is 18.8. The summed E-state index contributed by atoms with van der Waals surface area (Å²) in [5, 5.41) is 0.803. The van der Waals surface area contributed by atoms with Crippen molar-refractivity contribution >= 4 is 23.4 Å². The van der Waals surface area contributed by atoms with E-state index in [1.807, 2.05) is 18.2 Å². The van der Waals surface area contributed by atoms with E-state index in [9.17, 15) is 0 Å². The van der Waals surface area contributed by atoms with Gasteiger partial charge in [-0.15, -0.1) is 0 Å². The Morgan fingerprint density at radius 1 is 1.39 bits per heavy atom. The Hall–Kier alpha value is -0.220. The number of halogens is 1. The van der Waals surface area contributed by atoms with E-state index in [2.05, 4.69) is 23.3 Å². The first-order valence-corrected chi connectivity index (χ1v) is 8.09. The zero-order valence-electron chi connectivity index (χ0n) is 10.6. The number of thioether (sulfide) groups is 1. The molecule has 1 saturated heterocycles. The predicted molar refractivity (Wildman–Crippen MR) is 80.9 cm³/mol. The minimum atomic E-state index is 0.358. The molecule has 1 aromatic rings. The summed E-state index contributed by atoms with van der Waals surface area (Å²) in [5.41, 5.74) is 4.23. The molecular weight excluding hydrogens is 264 g/mol. The fourth-order valence-corrected chi connectivity index (χ4v) is 3.96. The van der Waals surface area contributed by atoms with Gasteiger partial charge in [-0.1, -0.05) is 23.7 Å². The van der Waals surface area contributed by atoms with Gasteiger partial charge in [-0.2, -0.15) is 11.8 Å². The van der Waals surface area contributed by atoms with Gasteiger partial charge < -0.3 is 0 Å². The van der Waals surface area contributed by atoms with Crippen molar-refractivity contribution in [3.8, 4) is 0 Å². The van der Waals surface area contributed by atoms with Gasteiger partial charge in [-0.3, -0.25) is 11.3 Å². The largest absolute Gasteiger partial charge is 0.271 e. The van der Waals surface area contributed by atoms with Crippen LogP contribution in [0.2, 0.25) is 5.02 Å². The average Bonchev–Trinajstić information content (AvgIpc) is 2.39. The minimum absolute atomic E-state index is 0.358. The number of hydrazine groups is 1. The fourth-order valence-electron chi connectivity index (χ4n) is 2.54. The molecule has 0 aromatic heterocycles.